The van der Waals surface area contributed by atoms with E-state index in [9.17, 15) is 8.42 Å². The Kier molecular flexibility index (Phi) is 4.56. The maximum absolute atomic E-state index is 12.3. The third-order valence-electron chi connectivity index (χ3n) is 4.08. The summed E-state index contributed by atoms with van der Waals surface area (Å²) in [6.45, 7) is 0.253. The van der Waals surface area contributed by atoms with Gasteiger partial charge in [0.05, 0.1) is 4.90 Å². The predicted octanol–water partition coefficient (Wildman–Crippen LogP) is 4.39. The van der Waals surface area contributed by atoms with Crippen LogP contribution in [0.15, 0.2) is 77.7 Å². The summed E-state index contributed by atoms with van der Waals surface area (Å²) in [6.07, 6.45) is 3.91. The molecule has 0 atom stereocenters. The second-order valence-electron chi connectivity index (χ2n) is 5.99. The first-order valence-corrected chi connectivity index (χ1v) is 9.84. The molecule has 0 unspecified atom stereocenters. The van der Waals surface area contributed by atoms with Crippen molar-refractivity contribution in [1.29, 1.82) is 0 Å². The van der Waals surface area contributed by atoms with Crippen molar-refractivity contribution < 1.29 is 17.9 Å². The molecule has 0 radical (unpaired) electrons. The van der Waals surface area contributed by atoms with Crippen molar-refractivity contribution in [2.75, 3.05) is 11.5 Å². The van der Waals surface area contributed by atoms with Gasteiger partial charge in [0, 0.05) is 5.69 Å². The van der Waals surface area contributed by atoms with E-state index >= 15 is 0 Å². The second-order valence-corrected chi connectivity index (χ2v) is 7.67. The van der Waals surface area contributed by atoms with Crippen molar-refractivity contribution >= 4 is 27.9 Å². The van der Waals surface area contributed by atoms with E-state index in [-0.39, 0.29) is 11.7 Å². The molecule has 4 rings (SSSR count). The standard InChI is InChI=1S/C21H17NO4S/c23-27(24,19-4-2-1-3-5-19)22-18-11-8-16(9-12-18)6-7-17-10-13-20-21(14-17)26-15-25-20/h1-14,22H,15H2/b7-6+. The molecule has 1 N–H and O–H groups in total. The summed E-state index contributed by atoms with van der Waals surface area (Å²) in [6, 6.07) is 21.2. The average Bonchev–Trinajstić information content (AvgIpc) is 3.16. The fraction of sp³-hybridized carbons (Fsp3) is 0.0476. The van der Waals surface area contributed by atoms with E-state index in [1.165, 1.54) is 0 Å². The average molecular weight is 379 g/mol. The van der Waals surface area contributed by atoms with Crippen LogP contribution in [0, 0.1) is 0 Å². The highest BCUT2D eigenvalue weighted by atomic mass is 32.2. The second kappa shape index (κ2) is 7.17. The van der Waals surface area contributed by atoms with Gasteiger partial charge >= 0.3 is 0 Å². The zero-order valence-corrected chi connectivity index (χ0v) is 15.1. The van der Waals surface area contributed by atoms with Gasteiger partial charge in [0.15, 0.2) is 11.5 Å². The zero-order chi connectivity index (χ0) is 18.7. The molecule has 1 aliphatic rings. The van der Waals surface area contributed by atoms with Crippen LogP contribution in [0.25, 0.3) is 12.2 Å². The molecule has 0 saturated carbocycles. The molecule has 0 bridgehead atoms. The molecule has 0 aliphatic carbocycles. The predicted molar refractivity (Wildman–Crippen MR) is 105 cm³/mol. The highest BCUT2D eigenvalue weighted by Crippen LogP contribution is 2.33. The first-order valence-electron chi connectivity index (χ1n) is 8.36. The third-order valence-corrected chi connectivity index (χ3v) is 5.48. The Morgan fingerprint density at radius 2 is 1.44 bits per heavy atom. The Balaban J connectivity index is 1.46. The van der Waals surface area contributed by atoms with Gasteiger partial charge in [0.25, 0.3) is 10.0 Å². The van der Waals surface area contributed by atoms with Crippen molar-refractivity contribution in [3.63, 3.8) is 0 Å². The summed E-state index contributed by atoms with van der Waals surface area (Å²) in [4.78, 5) is 0.233. The van der Waals surface area contributed by atoms with Gasteiger partial charge in [0.2, 0.25) is 6.79 Å². The Hall–Kier alpha value is -3.25. The van der Waals surface area contributed by atoms with Crippen molar-refractivity contribution in [3.8, 4) is 11.5 Å². The molecular formula is C21H17NO4S. The number of fused-ring (bicyclic) bond motifs is 1. The highest BCUT2D eigenvalue weighted by Gasteiger charge is 2.13. The number of benzene rings is 3. The Labute approximate surface area is 157 Å². The number of nitrogens with one attached hydrogen (secondary N) is 1. The summed E-state index contributed by atoms with van der Waals surface area (Å²) in [5.74, 6) is 1.49. The maximum Gasteiger partial charge on any atom is 0.261 e. The van der Waals surface area contributed by atoms with Crippen molar-refractivity contribution in [2.45, 2.75) is 4.90 Å². The molecule has 0 amide bonds. The van der Waals surface area contributed by atoms with Crippen LogP contribution in [0.4, 0.5) is 5.69 Å². The molecule has 1 aliphatic heterocycles. The van der Waals surface area contributed by atoms with Gasteiger partial charge in [-0.3, -0.25) is 4.72 Å². The van der Waals surface area contributed by atoms with Gasteiger partial charge in [-0.05, 0) is 47.5 Å². The van der Waals surface area contributed by atoms with Crippen LogP contribution in [-0.2, 0) is 10.0 Å². The SMILES string of the molecule is O=S(=O)(Nc1ccc(/C=C/c2ccc3c(c2)OCO3)cc1)c1ccccc1. The summed E-state index contributed by atoms with van der Waals surface area (Å²) < 4.78 is 37.9. The van der Waals surface area contributed by atoms with Crippen molar-refractivity contribution in [1.82, 2.24) is 0 Å². The smallest absolute Gasteiger partial charge is 0.261 e. The van der Waals surface area contributed by atoms with Crippen LogP contribution >= 0.6 is 0 Å². The van der Waals surface area contributed by atoms with E-state index in [0.29, 0.717) is 5.69 Å². The molecule has 3 aromatic rings. The summed E-state index contributed by atoms with van der Waals surface area (Å²) in [7, 11) is -3.58. The van der Waals surface area contributed by atoms with Crippen molar-refractivity contribution in [2.24, 2.45) is 0 Å². The normalized spacial score (nSPS) is 13.0. The quantitative estimate of drug-likeness (QED) is 0.668. The molecule has 136 valence electrons. The molecule has 0 fully saturated rings. The van der Waals surface area contributed by atoms with Gasteiger partial charge in [-0.25, -0.2) is 8.42 Å². The number of anilines is 1. The summed E-state index contributed by atoms with van der Waals surface area (Å²) >= 11 is 0. The molecule has 27 heavy (non-hydrogen) atoms. The van der Waals surface area contributed by atoms with Crippen LogP contribution in [0.3, 0.4) is 0 Å². The van der Waals surface area contributed by atoms with Crippen LogP contribution in [0.1, 0.15) is 11.1 Å². The minimum Gasteiger partial charge on any atom is -0.454 e. The summed E-state index contributed by atoms with van der Waals surface area (Å²) in [5.41, 5.74) is 2.46. The zero-order valence-electron chi connectivity index (χ0n) is 14.3. The van der Waals surface area contributed by atoms with E-state index in [4.69, 9.17) is 9.47 Å². The molecule has 5 nitrogen and oxygen atoms in total. The van der Waals surface area contributed by atoms with Crippen LogP contribution < -0.4 is 14.2 Å². The molecular weight excluding hydrogens is 362 g/mol. The van der Waals surface area contributed by atoms with Crippen LogP contribution in [0.5, 0.6) is 11.5 Å². The van der Waals surface area contributed by atoms with Gasteiger partial charge in [0.1, 0.15) is 0 Å². The topological polar surface area (TPSA) is 64.6 Å². The number of sulfonamides is 1. The monoisotopic (exact) mass is 379 g/mol. The number of rotatable bonds is 5. The molecule has 0 spiro atoms. The summed E-state index contributed by atoms with van der Waals surface area (Å²) in [5, 5.41) is 0. The largest absolute Gasteiger partial charge is 0.454 e. The lowest BCUT2D eigenvalue weighted by Gasteiger charge is -2.08. The maximum atomic E-state index is 12.3. The van der Waals surface area contributed by atoms with Gasteiger partial charge < -0.3 is 9.47 Å². The van der Waals surface area contributed by atoms with Crippen LogP contribution in [0.2, 0.25) is 0 Å². The van der Waals surface area contributed by atoms with E-state index < -0.39 is 10.0 Å². The van der Waals surface area contributed by atoms with Crippen molar-refractivity contribution in [3.05, 3.63) is 83.9 Å². The lowest BCUT2D eigenvalue weighted by atomic mass is 10.1. The molecule has 3 aromatic carbocycles. The Bertz CT molecular complexity index is 1070. The van der Waals surface area contributed by atoms with E-state index in [0.717, 1.165) is 22.6 Å². The molecule has 1 heterocycles. The molecule has 0 saturated heterocycles. The minimum atomic E-state index is -3.58. The lowest BCUT2D eigenvalue weighted by Crippen LogP contribution is -2.12. The number of hydrogen-bond donors (Lipinski definition) is 1. The third kappa shape index (κ3) is 3.96. The number of ether oxygens (including phenoxy) is 2. The first kappa shape index (κ1) is 17.2. The Morgan fingerprint density at radius 1 is 0.778 bits per heavy atom. The van der Waals surface area contributed by atoms with E-state index in [1.54, 1.807) is 42.5 Å². The van der Waals surface area contributed by atoms with Gasteiger partial charge in [-0.2, -0.15) is 0 Å². The fourth-order valence-corrected chi connectivity index (χ4v) is 3.76. The highest BCUT2D eigenvalue weighted by molar-refractivity contribution is 7.92. The van der Waals surface area contributed by atoms with E-state index in [2.05, 4.69) is 4.72 Å². The molecule has 6 heteroatoms. The van der Waals surface area contributed by atoms with Crippen LogP contribution in [-0.4, -0.2) is 15.2 Å². The van der Waals surface area contributed by atoms with Gasteiger partial charge in [-0.1, -0.05) is 48.6 Å². The van der Waals surface area contributed by atoms with E-state index in [1.807, 2.05) is 42.5 Å². The fourth-order valence-electron chi connectivity index (χ4n) is 2.69. The minimum absolute atomic E-state index is 0.233. The molecule has 0 aromatic heterocycles. The van der Waals surface area contributed by atoms with Gasteiger partial charge in [-0.15, -0.1) is 0 Å². The number of hydrogen-bond acceptors (Lipinski definition) is 4. The Morgan fingerprint density at radius 3 is 2.22 bits per heavy atom. The first-order chi connectivity index (χ1) is 13.1. The lowest BCUT2D eigenvalue weighted by molar-refractivity contribution is 0.174.